The van der Waals surface area contributed by atoms with Gasteiger partial charge in [-0.25, -0.2) is 0 Å². The van der Waals surface area contributed by atoms with E-state index in [0.29, 0.717) is 22.2 Å². The fourth-order valence-corrected chi connectivity index (χ4v) is 4.56. The van der Waals surface area contributed by atoms with Crippen molar-refractivity contribution in [1.29, 1.82) is 0 Å². The molecule has 5 heteroatoms. The lowest BCUT2D eigenvalue weighted by Crippen LogP contribution is -2.40. The van der Waals surface area contributed by atoms with Crippen LogP contribution in [0.5, 0.6) is 5.75 Å². The Balaban J connectivity index is 1.36. The highest BCUT2D eigenvalue weighted by atomic mass is 35.5. The molecule has 2 aliphatic carbocycles. The van der Waals surface area contributed by atoms with Crippen molar-refractivity contribution >= 4 is 22.4 Å². The number of hydrogen-bond donors (Lipinski definition) is 2. The van der Waals surface area contributed by atoms with E-state index in [4.69, 9.17) is 16.3 Å². The van der Waals surface area contributed by atoms with E-state index in [0.717, 1.165) is 30.1 Å². The minimum atomic E-state index is -0.120. The van der Waals surface area contributed by atoms with Crippen LogP contribution < -0.4 is 15.6 Å². The number of nitrogens with one attached hydrogen (secondary N) is 2. The lowest BCUT2D eigenvalue weighted by molar-refractivity contribution is 0.116. The average Bonchev–Trinajstić information content (AvgIpc) is 3.49. The van der Waals surface area contributed by atoms with Crippen LogP contribution in [0.1, 0.15) is 51.9 Å². The first-order chi connectivity index (χ1) is 13.1. The minimum Gasteiger partial charge on any atom is -0.489 e. The first-order valence-electron chi connectivity index (χ1n) is 10.3. The van der Waals surface area contributed by atoms with Crippen LogP contribution in [-0.2, 0) is 0 Å². The predicted molar refractivity (Wildman–Crippen MR) is 111 cm³/mol. The molecular weight excluding hydrogens is 360 g/mol. The Hall–Kier alpha value is -1.52. The molecule has 4 rings (SSSR count). The van der Waals surface area contributed by atoms with E-state index in [1.165, 1.54) is 38.6 Å². The smallest absolute Gasteiger partial charge is 0.255 e. The van der Waals surface area contributed by atoms with Gasteiger partial charge in [0, 0.05) is 17.6 Å². The van der Waals surface area contributed by atoms with Crippen LogP contribution in [0.15, 0.2) is 29.2 Å². The van der Waals surface area contributed by atoms with Gasteiger partial charge in [0.25, 0.3) is 5.56 Å². The third-order valence-electron chi connectivity index (χ3n) is 6.21. The van der Waals surface area contributed by atoms with Gasteiger partial charge in [0.15, 0.2) is 0 Å². The maximum Gasteiger partial charge on any atom is 0.255 e. The molecule has 0 saturated heterocycles. The monoisotopic (exact) mass is 388 g/mol. The molecule has 0 amide bonds. The summed E-state index contributed by atoms with van der Waals surface area (Å²) in [5.74, 6) is 2.37. The Labute approximate surface area is 165 Å². The van der Waals surface area contributed by atoms with Gasteiger partial charge >= 0.3 is 0 Å². The molecule has 2 N–H and O–H groups in total. The summed E-state index contributed by atoms with van der Waals surface area (Å²) in [4.78, 5) is 14.6. The fourth-order valence-electron chi connectivity index (χ4n) is 4.35. The average molecular weight is 389 g/mol. The molecule has 4 nitrogen and oxygen atoms in total. The molecule has 0 aliphatic heterocycles. The molecule has 0 bridgehead atoms. The van der Waals surface area contributed by atoms with Crippen molar-refractivity contribution in [3.05, 3.63) is 39.8 Å². The molecule has 2 aliphatic rings. The lowest BCUT2D eigenvalue weighted by atomic mass is 9.81. The highest BCUT2D eigenvalue weighted by Gasteiger charge is 2.29. The normalized spacial score (nSPS) is 24.1. The quantitative estimate of drug-likeness (QED) is 0.709. The van der Waals surface area contributed by atoms with Crippen LogP contribution in [-0.4, -0.2) is 23.7 Å². The number of rotatable bonds is 7. The number of hydrogen-bond acceptors (Lipinski definition) is 3. The molecule has 2 aromatic rings. The molecule has 2 saturated carbocycles. The lowest BCUT2D eigenvalue weighted by Gasteiger charge is -2.34. The summed E-state index contributed by atoms with van der Waals surface area (Å²) in [6, 6.07) is 6.13. The number of fused-ring (bicyclic) bond motifs is 1. The van der Waals surface area contributed by atoms with Crippen LogP contribution in [0.25, 0.3) is 10.8 Å². The zero-order chi connectivity index (χ0) is 18.8. The number of aromatic nitrogens is 1. The standard InChI is InChI=1S/C22H29ClN2O2/c1-2-20(25-13-14-3-4-14)15-5-7-17(8-6-15)27-21-11-16-9-10-24-22(26)18(16)12-19(21)23/h9-12,14-15,17,20,25H,2-8,13H2,1H3,(H,24,26). The van der Waals surface area contributed by atoms with Crippen LogP contribution in [0, 0.1) is 11.8 Å². The zero-order valence-electron chi connectivity index (χ0n) is 16.0. The van der Waals surface area contributed by atoms with Crippen LogP contribution in [0.3, 0.4) is 0 Å². The van der Waals surface area contributed by atoms with E-state index in [9.17, 15) is 4.79 Å². The number of ether oxygens (including phenoxy) is 1. The molecule has 1 heterocycles. The molecule has 2 fully saturated rings. The van der Waals surface area contributed by atoms with Gasteiger partial charge in [0.2, 0.25) is 0 Å². The highest BCUT2D eigenvalue weighted by molar-refractivity contribution is 6.32. The molecule has 27 heavy (non-hydrogen) atoms. The predicted octanol–water partition coefficient (Wildman–Crippen LogP) is 4.90. The summed E-state index contributed by atoms with van der Waals surface area (Å²) in [5, 5.41) is 5.78. The second-order valence-corrected chi connectivity index (χ2v) is 8.60. The van der Waals surface area contributed by atoms with Crippen LogP contribution in [0.4, 0.5) is 0 Å². The van der Waals surface area contributed by atoms with Gasteiger partial charge in [0.1, 0.15) is 5.75 Å². The van der Waals surface area contributed by atoms with Gasteiger partial charge in [-0.2, -0.15) is 0 Å². The van der Waals surface area contributed by atoms with Crippen LogP contribution >= 0.6 is 11.6 Å². The Bertz CT molecular complexity index is 838. The third kappa shape index (κ3) is 4.49. The Morgan fingerprint density at radius 2 is 2.00 bits per heavy atom. The summed E-state index contributed by atoms with van der Waals surface area (Å²) < 4.78 is 6.24. The molecule has 1 aromatic carbocycles. The topological polar surface area (TPSA) is 54.1 Å². The zero-order valence-corrected chi connectivity index (χ0v) is 16.7. The van der Waals surface area contributed by atoms with Gasteiger partial charge in [-0.05, 0) is 86.9 Å². The molecule has 1 unspecified atom stereocenters. The number of aromatic amines is 1. The van der Waals surface area contributed by atoms with E-state index in [1.54, 1.807) is 12.3 Å². The summed E-state index contributed by atoms with van der Waals surface area (Å²) in [5.41, 5.74) is -0.120. The van der Waals surface area contributed by atoms with Crippen molar-refractivity contribution < 1.29 is 4.74 Å². The summed E-state index contributed by atoms with van der Waals surface area (Å²) in [6.07, 6.45) is 10.4. The maximum absolute atomic E-state index is 11.9. The molecular formula is C22H29ClN2O2. The Kier molecular flexibility index (Phi) is 5.74. The van der Waals surface area contributed by atoms with E-state index in [2.05, 4.69) is 17.2 Å². The minimum absolute atomic E-state index is 0.120. The summed E-state index contributed by atoms with van der Waals surface area (Å²) in [7, 11) is 0. The maximum atomic E-state index is 11.9. The van der Waals surface area contributed by atoms with Gasteiger partial charge in [0.05, 0.1) is 11.1 Å². The highest BCUT2D eigenvalue weighted by Crippen LogP contribution is 2.35. The van der Waals surface area contributed by atoms with Gasteiger partial charge < -0.3 is 15.0 Å². The molecule has 1 aromatic heterocycles. The number of pyridine rings is 1. The molecule has 1 atom stereocenters. The second-order valence-electron chi connectivity index (χ2n) is 8.20. The van der Waals surface area contributed by atoms with Gasteiger partial charge in [-0.1, -0.05) is 18.5 Å². The first kappa shape index (κ1) is 18.8. The van der Waals surface area contributed by atoms with Crippen molar-refractivity contribution in [3.8, 4) is 5.75 Å². The molecule has 146 valence electrons. The SMILES string of the molecule is CCC(NCC1CC1)C1CCC(Oc2cc3cc[nH]c(=O)c3cc2Cl)CC1. The van der Waals surface area contributed by atoms with E-state index >= 15 is 0 Å². The largest absolute Gasteiger partial charge is 0.489 e. The Morgan fingerprint density at radius 1 is 1.22 bits per heavy atom. The van der Waals surface area contributed by atoms with Crippen molar-refractivity contribution in [2.45, 2.75) is 64.0 Å². The number of halogens is 1. The van der Waals surface area contributed by atoms with Gasteiger partial charge in [-0.15, -0.1) is 0 Å². The number of H-pyrrole nitrogens is 1. The Morgan fingerprint density at radius 3 is 2.70 bits per heavy atom. The molecule has 0 radical (unpaired) electrons. The second kappa shape index (κ2) is 8.24. The van der Waals surface area contributed by atoms with Crippen molar-refractivity contribution in [3.63, 3.8) is 0 Å². The summed E-state index contributed by atoms with van der Waals surface area (Å²) >= 11 is 6.38. The van der Waals surface area contributed by atoms with Crippen molar-refractivity contribution in [1.82, 2.24) is 10.3 Å². The summed E-state index contributed by atoms with van der Waals surface area (Å²) in [6.45, 7) is 3.49. The van der Waals surface area contributed by atoms with Gasteiger partial charge in [-0.3, -0.25) is 4.79 Å². The van der Waals surface area contributed by atoms with E-state index in [-0.39, 0.29) is 11.7 Å². The van der Waals surface area contributed by atoms with E-state index in [1.807, 2.05) is 12.1 Å². The third-order valence-corrected chi connectivity index (χ3v) is 6.51. The van der Waals surface area contributed by atoms with E-state index < -0.39 is 0 Å². The van der Waals surface area contributed by atoms with Crippen molar-refractivity contribution in [2.75, 3.05) is 6.54 Å². The number of benzene rings is 1. The van der Waals surface area contributed by atoms with Crippen molar-refractivity contribution in [2.24, 2.45) is 11.8 Å². The fraction of sp³-hybridized carbons (Fsp3) is 0.591. The first-order valence-corrected chi connectivity index (χ1v) is 10.7. The van der Waals surface area contributed by atoms with Crippen LogP contribution in [0.2, 0.25) is 5.02 Å². The molecule has 0 spiro atoms.